The maximum atomic E-state index is 10.4. The smallest absolute Gasteiger partial charge is 0.303 e. The van der Waals surface area contributed by atoms with E-state index < -0.39 is 5.97 Å². The number of carbonyl (C=O) groups is 1. The minimum Gasteiger partial charge on any atom is -0.481 e. The highest BCUT2D eigenvalue weighted by Crippen LogP contribution is 2.14. The molecule has 0 saturated heterocycles. The average molecular weight is 423 g/mol. The third-order valence-corrected chi connectivity index (χ3v) is 6.15. The van der Waals surface area contributed by atoms with Crippen LogP contribution in [0.3, 0.4) is 0 Å². The predicted molar refractivity (Wildman–Crippen MR) is 133 cm³/mol. The number of carboxylic acids is 1. The monoisotopic (exact) mass is 422 g/mol. The van der Waals surface area contributed by atoms with Gasteiger partial charge in [0.25, 0.3) is 0 Å². The summed E-state index contributed by atoms with van der Waals surface area (Å²) in [4.78, 5) is 10.4. The van der Waals surface area contributed by atoms with Crippen molar-refractivity contribution in [2.75, 3.05) is 0 Å². The molecular weight excluding hydrogens is 368 g/mol. The summed E-state index contributed by atoms with van der Waals surface area (Å²) in [6.07, 6.45) is 36.0. The predicted octanol–water partition coefficient (Wildman–Crippen LogP) is 10.0. The minimum absolute atomic E-state index is 0.342. The fraction of sp³-hybridized carbons (Fsp3) is 0.893. The molecule has 0 aromatic heterocycles. The number of aliphatic carboxylic acids is 1. The van der Waals surface area contributed by atoms with Crippen LogP contribution in [0.25, 0.3) is 0 Å². The van der Waals surface area contributed by atoms with Crippen molar-refractivity contribution in [1.29, 1.82) is 0 Å². The molecule has 0 atom stereocenters. The lowest BCUT2D eigenvalue weighted by Crippen LogP contribution is -1.93. The van der Waals surface area contributed by atoms with Crippen LogP contribution >= 0.6 is 0 Å². The molecule has 0 heterocycles. The van der Waals surface area contributed by atoms with Gasteiger partial charge >= 0.3 is 5.97 Å². The van der Waals surface area contributed by atoms with E-state index in [-0.39, 0.29) is 0 Å². The zero-order chi connectivity index (χ0) is 22.0. The lowest BCUT2D eigenvalue weighted by Gasteiger charge is -2.02. The van der Waals surface area contributed by atoms with Gasteiger partial charge in [0.05, 0.1) is 0 Å². The first-order chi connectivity index (χ1) is 14.8. The summed E-state index contributed by atoms with van der Waals surface area (Å²) in [5, 5.41) is 8.59. The number of unbranched alkanes of at least 4 members (excludes halogenated alkanes) is 21. The second-order valence-electron chi connectivity index (χ2n) is 9.26. The summed E-state index contributed by atoms with van der Waals surface area (Å²) in [6.45, 7) is 2.29. The molecule has 0 rings (SSSR count). The fourth-order valence-electron chi connectivity index (χ4n) is 4.11. The van der Waals surface area contributed by atoms with E-state index >= 15 is 0 Å². The molecule has 0 unspecified atom stereocenters. The van der Waals surface area contributed by atoms with E-state index in [9.17, 15) is 4.79 Å². The van der Waals surface area contributed by atoms with E-state index in [1.165, 1.54) is 135 Å². The van der Waals surface area contributed by atoms with Crippen molar-refractivity contribution >= 4 is 5.97 Å². The van der Waals surface area contributed by atoms with E-state index in [1.807, 2.05) is 0 Å². The zero-order valence-electron chi connectivity index (χ0n) is 20.5. The van der Waals surface area contributed by atoms with Crippen LogP contribution in [0, 0.1) is 0 Å². The second kappa shape index (κ2) is 26.2. The first-order valence-corrected chi connectivity index (χ1v) is 13.6. The topological polar surface area (TPSA) is 37.3 Å². The van der Waals surface area contributed by atoms with Gasteiger partial charge in [0.1, 0.15) is 0 Å². The highest BCUT2D eigenvalue weighted by atomic mass is 16.4. The molecule has 0 aliphatic carbocycles. The number of rotatable bonds is 25. The normalized spacial score (nSPS) is 11.5. The van der Waals surface area contributed by atoms with E-state index in [4.69, 9.17) is 5.11 Å². The highest BCUT2D eigenvalue weighted by molar-refractivity contribution is 5.66. The van der Waals surface area contributed by atoms with Crippen molar-refractivity contribution in [2.24, 2.45) is 0 Å². The van der Waals surface area contributed by atoms with Crippen molar-refractivity contribution in [1.82, 2.24) is 0 Å². The van der Waals surface area contributed by atoms with Crippen LogP contribution in [0.4, 0.5) is 0 Å². The van der Waals surface area contributed by atoms with Gasteiger partial charge in [-0.2, -0.15) is 0 Å². The maximum absolute atomic E-state index is 10.4. The quantitative estimate of drug-likeness (QED) is 0.117. The van der Waals surface area contributed by atoms with Crippen LogP contribution in [0.15, 0.2) is 12.2 Å². The molecule has 1 N–H and O–H groups in total. The molecule has 0 radical (unpaired) electrons. The zero-order valence-corrected chi connectivity index (χ0v) is 20.5. The molecule has 0 amide bonds. The molecule has 0 bridgehead atoms. The van der Waals surface area contributed by atoms with E-state index in [2.05, 4.69) is 19.1 Å². The van der Waals surface area contributed by atoms with Crippen LogP contribution in [0.5, 0.6) is 0 Å². The molecule has 2 nitrogen and oxygen atoms in total. The van der Waals surface area contributed by atoms with Crippen LogP contribution in [-0.4, -0.2) is 11.1 Å². The van der Waals surface area contributed by atoms with Crippen molar-refractivity contribution in [3.63, 3.8) is 0 Å². The molecule has 178 valence electrons. The summed E-state index contributed by atoms with van der Waals surface area (Å²) < 4.78 is 0. The lowest BCUT2D eigenvalue weighted by molar-refractivity contribution is -0.137. The Morgan fingerprint density at radius 2 is 0.800 bits per heavy atom. The molecule has 0 aliphatic heterocycles. The van der Waals surface area contributed by atoms with Gasteiger partial charge in [-0.3, -0.25) is 4.79 Å². The average Bonchev–Trinajstić information content (AvgIpc) is 2.73. The van der Waals surface area contributed by atoms with E-state index in [0.29, 0.717) is 6.42 Å². The van der Waals surface area contributed by atoms with Gasteiger partial charge in [-0.15, -0.1) is 0 Å². The van der Waals surface area contributed by atoms with Crippen molar-refractivity contribution in [3.05, 3.63) is 12.2 Å². The van der Waals surface area contributed by atoms with Gasteiger partial charge in [-0.05, 0) is 32.1 Å². The maximum Gasteiger partial charge on any atom is 0.303 e. The lowest BCUT2D eigenvalue weighted by atomic mass is 10.0. The third kappa shape index (κ3) is 27.2. The number of carboxylic acid groups (broad SMARTS) is 1. The van der Waals surface area contributed by atoms with Gasteiger partial charge in [-0.25, -0.2) is 0 Å². The van der Waals surface area contributed by atoms with Gasteiger partial charge in [0.2, 0.25) is 0 Å². The fourth-order valence-corrected chi connectivity index (χ4v) is 4.11. The van der Waals surface area contributed by atoms with E-state index in [0.717, 1.165) is 12.8 Å². The highest BCUT2D eigenvalue weighted by Gasteiger charge is 1.97. The number of allylic oxidation sites excluding steroid dienone is 2. The Balaban J connectivity index is 3.07. The summed E-state index contributed by atoms with van der Waals surface area (Å²) in [5.41, 5.74) is 0. The molecule has 0 spiro atoms. The molecule has 0 aromatic carbocycles. The van der Waals surface area contributed by atoms with Crippen molar-refractivity contribution in [2.45, 2.75) is 161 Å². The molecule has 0 fully saturated rings. The van der Waals surface area contributed by atoms with Crippen LogP contribution < -0.4 is 0 Å². The third-order valence-electron chi connectivity index (χ3n) is 6.15. The Morgan fingerprint density at radius 1 is 0.500 bits per heavy atom. The Morgan fingerprint density at radius 3 is 1.13 bits per heavy atom. The Bertz CT molecular complexity index is 362. The molecule has 0 aliphatic rings. The Hall–Kier alpha value is -0.790. The van der Waals surface area contributed by atoms with Crippen LogP contribution in [-0.2, 0) is 4.79 Å². The van der Waals surface area contributed by atoms with Gasteiger partial charge in [0.15, 0.2) is 0 Å². The van der Waals surface area contributed by atoms with Crippen LogP contribution in [0.1, 0.15) is 161 Å². The summed E-state index contributed by atoms with van der Waals surface area (Å²) >= 11 is 0. The molecule has 2 heteroatoms. The standard InChI is InChI=1S/C28H54O2/c1-2-3-4-5-6-7-8-9-10-11-12-13-14-15-16-17-18-19-20-21-22-23-24-25-26-27-28(29)30/h12-13H,2-11,14-27H2,1H3,(H,29,30). The van der Waals surface area contributed by atoms with Crippen molar-refractivity contribution < 1.29 is 9.90 Å². The van der Waals surface area contributed by atoms with Gasteiger partial charge < -0.3 is 5.11 Å². The number of hydrogen-bond donors (Lipinski definition) is 1. The SMILES string of the molecule is CCCCCCCCCCCC=CCCCCCCCCCCCCCCC(=O)O. The summed E-state index contributed by atoms with van der Waals surface area (Å²) in [6, 6.07) is 0. The van der Waals surface area contributed by atoms with Crippen LogP contribution in [0.2, 0.25) is 0 Å². The molecular formula is C28H54O2. The largest absolute Gasteiger partial charge is 0.481 e. The van der Waals surface area contributed by atoms with Crippen molar-refractivity contribution in [3.8, 4) is 0 Å². The first-order valence-electron chi connectivity index (χ1n) is 13.6. The van der Waals surface area contributed by atoms with Gasteiger partial charge in [-0.1, -0.05) is 135 Å². The molecule has 0 aromatic rings. The summed E-state index contributed by atoms with van der Waals surface area (Å²) in [7, 11) is 0. The van der Waals surface area contributed by atoms with Gasteiger partial charge in [0, 0.05) is 6.42 Å². The first kappa shape index (κ1) is 29.2. The Kier molecular flexibility index (Phi) is 25.6. The second-order valence-corrected chi connectivity index (χ2v) is 9.26. The molecule has 30 heavy (non-hydrogen) atoms. The van der Waals surface area contributed by atoms with E-state index in [1.54, 1.807) is 0 Å². The number of hydrogen-bond acceptors (Lipinski definition) is 1. The summed E-state index contributed by atoms with van der Waals surface area (Å²) in [5.74, 6) is -0.653. The Labute approximate surface area is 189 Å². The minimum atomic E-state index is -0.653. The molecule has 0 saturated carbocycles.